The number of aromatic nitrogens is 1. The number of rotatable bonds is 2. The lowest BCUT2D eigenvalue weighted by Crippen LogP contribution is -2.29. The van der Waals surface area contributed by atoms with Gasteiger partial charge in [-0.3, -0.25) is 4.98 Å². The molecular weight excluding hydrogens is 280 g/mol. The second kappa shape index (κ2) is 5.78. The summed E-state index contributed by atoms with van der Waals surface area (Å²) < 4.78 is 0. The molecule has 2 aliphatic rings. The molecule has 1 aromatic heterocycles. The minimum Gasteiger partial charge on any atom is -0.317 e. The molecule has 1 aromatic carbocycles. The fourth-order valence-corrected chi connectivity index (χ4v) is 3.66. The highest BCUT2D eigenvalue weighted by atomic mass is 35.5. The molecule has 21 heavy (non-hydrogen) atoms. The van der Waals surface area contributed by atoms with Gasteiger partial charge in [-0.1, -0.05) is 36.4 Å². The summed E-state index contributed by atoms with van der Waals surface area (Å²) in [6.07, 6.45) is 3.96. The maximum Gasteiger partial charge on any atom is 0.0705 e. The summed E-state index contributed by atoms with van der Waals surface area (Å²) in [5.41, 5.74) is 4.19. The molecule has 110 valence electrons. The van der Waals surface area contributed by atoms with Crippen LogP contribution in [0.5, 0.6) is 0 Å². The Labute approximate surface area is 132 Å². The number of nitrogens with one attached hydrogen (secondary N) is 1. The summed E-state index contributed by atoms with van der Waals surface area (Å²) in [5, 5.41) is 3.47. The molecule has 1 N–H and O–H groups in total. The van der Waals surface area contributed by atoms with Crippen LogP contribution in [0.1, 0.15) is 30.9 Å². The van der Waals surface area contributed by atoms with Gasteiger partial charge in [-0.25, -0.2) is 0 Å². The monoisotopic (exact) mass is 300 g/mol. The predicted molar refractivity (Wildman–Crippen MR) is 88.8 cm³/mol. The molecule has 2 heterocycles. The smallest absolute Gasteiger partial charge is 0.0705 e. The van der Waals surface area contributed by atoms with Crippen molar-refractivity contribution in [2.75, 3.05) is 13.1 Å². The Morgan fingerprint density at radius 2 is 1.71 bits per heavy atom. The molecule has 2 aromatic rings. The van der Waals surface area contributed by atoms with Gasteiger partial charge in [0, 0.05) is 17.2 Å². The maximum absolute atomic E-state index is 4.93. The van der Waals surface area contributed by atoms with Crippen LogP contribution < -0.4 is 5.32 Å². The van der Waals surface area contributed by atoms with Gasteiger partial charge in [0.2, 0.25) is 0 Å². The summed E-state index contributed by atoms with van der Waals surface area (Å²) in [6, 6.07) is 17.0. The average molecular weight is 301 g/mol. The predicted octanol–water partition coefficient (Wildman–Crippen LogP) is 4.03. The molecule has 1 atom stereocenters. The van der Waals surface area contributed by atoms with Crippen molar-refractivity contribution in [2.45, 2.75) is 25.2 Å². The summed E-state index contributed by atoms with van der Waals surface area (Å²) in [6.45, 7) is 2.35. The van der Waals surface area contributed by atoms with Crippen molar-refractivity contribution < 1.29 is 0 Å². The first kappa shape index (κ1) is 14.6. The molecule has 2 fully saturated rings. The Morgan fingerprint density at radius 3 is 2.48 bits per heavy atom. The molecule has 1 aliphatic carbocycles. The lowest BCUT2D eigenvalue weighted by atomic mass is 9.91. The van der Waals surface area contributed by atoms with Crippen LogP contribution in [0, 0.1) is 5.41 Å². The molecule has 0 amide bonds. The number of hydrogen-bond acceptors (Lipinski definition) is 2. The van der Waals surface area contributed by atoms with Gasteiger partial charge >= 0.3 is 0 Å². The molecule has 4 rings (SSSR count). The Bertz CT molecular complexity index is 606. The SMILES string of the molecule is Cl.c1ccc(-c2cccc(C3CC34CCNCC4)n2)cc1. The van der Waals surface area contributed by atoms with E-state index in [2.05, 4.69) is 53.8 Å². The zero-order chi connectivity index (χ0) is 13.4. The van der Waals surface area contributed by atoms with E-state index in [9.17, 15) is 0 Å². The van der Waals surface area contributed by atoms with Gasteiger partial charge in [0.1, 0.15) is 0 Å². The fourth-order valence-electron chi connectivity index (χ4n) is 3.66. The van der Waals surface area contributed by atoms with E-state index in [0.717, 1.165) is 5.69 Å². The van der Waals surface area contributed by atoms with Crippen LogP contribution in [0.4, 0.5) is 0 Å². The molecule has 0 radical (unpaired) electrons. The Hall–Kier alpha value is -1.38. The van der Waals surface area contributed by atoms with Gasteiger partial charge in [-0.15, -0.1) is 12.4 Å². The van der Waals surface area contributed by atoms with Crippen molar-refractivity contribution in [2.24, 2.45) is 5.41 Å². The highest BCUT2D eigenvalue weighted by Crippen LogP contribution is 2.63. The number of hydrogen-bond donors (Lipinski definition) is 1. The van der Waals surface area contributed by atoms with E-state index in [0.29, 0.717) is 11.3 Å². The average Bonchev–Trinajstić information content (AvgIpc) is 3.22. The summed E-state index contributed by atoms with van der Waals surface area (Å²) >= 11 is 0. The first-order valence-electron chi connectivity index (χ1n) is 7.61. The zero-order valence-electron chi connectivity index (χ0n) is 12.1. The molecule has 3 heteroatoms. The fraction of sp³-hybridized carbons (Fsp3) is 0.389. The third kappa shape index (κ3) is 2.70. The van der Waals surface area contributed by atoms with Crippen LogP contribution in [0.3, 0.4) is 0 Å². The maximum atomic E-state index is 4.93. The minimum atomic E-state index is 0. The standard InChI is InChI=1S/C18H20N2.ClH/c1-2-5-14(6-3-1)16-7-4-8-17(20-16)15-13-18(15)9-11-19-12-10-18;/h1-8,15,19H,9-13H2;1H. The molecule has 1 saturated heterocycles. The van der Waals surface area contributed by atoms with Crippen molar-refractivity contribution in [1.82, 2.24) is 10.3 Å². The highest BCUT2D eigenvalue weighted by molar-refractivity contribution is 5.85. The van der Waals surface area contributed by atoms with Crippen LogP contribution in [-0.4, -0.2) is 18.1 Å². The van der Waals surface area contributed by atoms with E-state index < -0.39 is 0 Å². The van der Waals surface area contributed by atoms with Crippen molar-refractivity contribution in [1.29, 1.82) is 0 Å². The van der Waals surface area contributed by atoms with Crippen molar-refractivity contribution in [3.63, 3.8) is 0 Å². The highest BCUT2D eigenvalue weighted by Gasteiger charge is 2.55. The molecule has 2 nitrogen and oxygen atoms in total. The molecule has 0 bridgehead atoms. The minimum absolute atomic E-state index is 0. The largest absolute Gasteiger partial charge is 0.317 e. The molecule has 1 aliphatic heterocycles. The quantitative estimate of drug-likeness (QED) is 0.906. The van der Waals surface area contributed by atoms with Crippen LogP contribution in [0.15, 0.2) is 48.5 Å². The Kier molecular flexibility index (Phi) is 4.01. The van der Waals surface area contributed by atoms with Crippen LogP contribution >= 0.6 is 12.4 Å². The van der Waals surface area contributed by atoms with Gasteiger partial charge in [-0.05, 0) is 49.9 Å². The van der Waals surface area contributed by atoms with E-state index in [4.69, 9.17) is 4.98 Å². The van der Waals surface area contributed by atoms with E-state index in [1.54, 1.807) is 0 Å². The van der Waals surface area contributed by atoms with Crippen LogP contribution in [0.25, 0.3) is 11.3 Å². The Balaban J connectivity index is 0.00000132. The van der Waals surface area contributed by atoms with Gasteiger partial charge in [0.05, 0.1) is 5.69 Å². The molecule has 1 unspecified atom stereocenters. The van der Waals surface area contributed by atoms with E-state index in [1.165, 1.54) is 43.6 Å². The topological polar surface area (TPSA) is 24.9 Å². The van der Waals surface area contributed by atoms with Crippen molar-refractivity contribution in [3.05, 3.63) is 54.2 Å². The first-order valence-corrected chi connectivity index (χ1v) is 7.61. The third-order valence-corrected chi connectivity index (χ3v) is 4.99. The molecular formula is C18H21ClN2. The first-order chi connectivity index (χ1) is 9.87. The van der Waals surface area contributed by atoms with Crippen molar-refractivity contribution in [3.8, 4) is 11.3 Å². The summed E-state index contributed by atoms with van der Waals surface area (Å²) in [7, 11) is 0. The summed E-state index contributed by atoms with van der Waals surface area (Å²) in [5.74, 6) is 0.688. The number of nitrogens with zero attached hydrogens (tertiary/aromatic N) is 1. The Morgan fingerprint density at radius 1 is 0.952 bits per heavy atom. The molecule has 1 saturated carbocycles. The normalized spacial score (nSPS) is 22.6. The number of pyridine rings is 1. The lowest BCUT2D eigenvalue weighted by Gasteiger charge is -2.23. The number of benzene rings is 1. The van der Waals surface area contributed by atoms with E-state index in [1.807, 2.05) is 0 Å². The van der Waals surface area contributed by atoms with Gasteiger partial charge in [0.15, 0.2) is 0 Å². The second-order valence-electron chi connectivity index (χ2n) is 6.18. The second-order valence-corrected chi connectivity index (χ2v) is 6.18. The number of halogens is 1. The third-order valence-electron chi connectivity index (χ3n) is 4.99. The molecule has 1 spiro atoms. The summed E-state index contributed by atoms with van der Waals surface area (Å²) in [4.78, 5) is 4.93. The van der Waals surface area contributed by atoms with Gasteiger partial charge in [-0.2, -0.15) is 0 Å². The lowest BCUT2D eigenvalue weighted by molar-refractivity contribution is 0.341. The zero-order valence-corrected chi connectivity index (χ0v) is 12.9. The van der Waals surface area contributed by atoms with Gasteiger partial charge in [0.25, 0.3) is 0 Å². The number of piperidine rings is 1. The van der Waals surface area contributed by atoms with Crippen molar-refractivity contribution >= 4 is 12.4 Å². The van der Waals surface area contributed by atoms with Crippen LogP contribution in [0.2, 0.25) is 0 Å². The van der Waals surface area contributed by atoms with Gasteiger partial charge < -0.3 is 5.32 Å². The van der Waals surface area contributed by atoms with E-state index >= 15 is 0 Å². The van der Waals surface area contributed by atoms with E-state index in [-0.39, 0.29) is 12.4 Å². The van der Waals surface area contributed by atoms with Crippen LogP contribution in [-0.2, 0) is 0 Å².